The smallest absolute Gasteiger partial charge is 0.220 e. The van der Waals surface area contributed by atoms with Crippen LogP contribution in [0.5, 0.6) is 0 Å². The number of pyridine rings is 1. The van der Waals surface area contributed by atoms with Gasteiger partial charge in [0.15, 0.2) is 0 Å². The van der Waals surface area contributed by atoms with Crippen LogP contribution in [0.25, 0.3) is 0 Å². The van der Waals surface area contributed by atoms with Gasteiger partial charge in [0.1, 0.15) is 0 Å². The van der Waals surface area contributed by atoms with Crippen LogP contribution in [0, 0.1) is 0 Å². The third-order valence-electron chi connectivity index (χ3n) is 4.02. The van der Waals surface area contributed by atoms with E-state index >= 15 is 0 Å². The van der Waals surface area contributed by atoms with E-state index in [9.17, 15) is 9.90 Å². The van der Waals surface area contributed by atoms with E-state index in [2.05, 4.69) is 31.1 Å². The average molecular weight is 326 g/mol. The molecule has 0 aliphatic carbocycles. The summed E-state index contributed by atoms with van der Waals surface area (Å²) in [5, 5.41) is 13.0. The fourth-order valence-corrected chi connectivity index (χ4v) is 2.43. The van der Waals surface area contributed by atoms with Crippen molar-refractivity contribution < 1.29 is 9.90 Å². The summed E-state index contributed by atoms with van der Waals surface area (Å²) in [5.41, 5.74) is 3.16. The molecule has 24 heavy (non-hydrogen) atoms. The van der Waals surface area contributed by atoms with Gasteiger partial charge in [-0.2, -0.15) is 0 Å². The Labute approximate surface area is 143 Å². The summed E-state index contributed by atoms with van der Waals surface area (Å²) in [5.74, 6) is -0.0655. The first-order valence-corrected chi connectivity index (χ1v) is 8.30. The standard InChI is InChI=1S/C20H26N2O2/c1-20(2,3)17-9-7-16(8-10-17)18(23)14-22-19(24)11-6-15-5-4-12-21-13-15/h4-5,7-10,12-13,18,23H,6,11,14H2,1-3H3,(H,22,24)/t18-/m1/s1. The lowest BCUT2D eigenvalue weighted by Crippen LogP contribution is -2.28. The van der Waals surface area contributed by atoms with Crippen LogP contribution >= 0.6 is 0 Å². The zero-order chi connectivity index (χ0) is 17.6. The highest BCUT2D eigenvalue weighted by atomic mass is 16.3. The van der Waals surface area contributed by atoms with Crippen molar-refractivity contribution in [3.05, 3.63) is 65.5 Å². The van der Waals surface area contributed by atoms with Crippen LogP contribution < -0.4 is 5.32 Å². The Morgan fingerprint density at radius 2 is 1.92 bits per heavy atom. The lowest BCUT2D eigenvalue weighted by Gasteiger charge is -2.20. The minimum atomic E-state index is -0.693. The molecule has 1 aromatic carbocycles. The predicted octanol–water partition coefficient (Wildman–Crippen LogP) is 3.16. The zero-order valence-corrected chi connectivity index (χ0v) is 14.6. The molecule has 1 atom stereocenters. The summed E-state index contributed by atoms with van der Waals surface area (Å²) < 4.78 is 0. The molecule has 0 bridgehead atoms. The molecule has 0 aliphatic rings. The van der Waals surface area contributed by atoms with Crippen LogP contribution in [0.4, 0.5) is 0 Å². The second-order valence-corrected chi connectivity index (χ2v) is 7.05. The van der Waals surface area contributed by atoms with Gasteiger partial charge in [-0.15, -0.1) is 0 Å². The number of nitrogens with zero attached hydrogens (tertiary/aromatic N) is 1. The van der Waals surface area contributed by atoms with Crippen LogP contribution in [0.2, 0.25) is 0 Å². The number of hydrogen-bond donors (Lipinski definition) is 2. The second-order valence-electron chi connectivity index (χ2n) is 7.05. The third-order valence-corrected chi connectivity index (χ3v) is 4.02. The molecule has 4 nitrogen and oxygen atoms in total. The monoisotopic (exact) mass is 326 g/mol. The first-order valence-electron chi connectivity index (χ1n) is 8.30. The summed E-state index contributed by atoms with van der Waals surface area (Å²) in [6, 6.07) is 11.7. The summed E-state index contributed by atoms with van der Waals surface area (Å²) in [6.45, 7) is 6.68. The summed E-state index contributed by atoms with van der Waals surface area (Å²) in [7, 11) is 0. The van der Waals surface area contributed by atoms with E-state index in [1.54, 1.807) is 12.4 Å². The van der Waals surface area contributed by atoms with E-state index in [1.807, 2.05) is 36.4 Å². The number of benzene rings is 1. The third kappa shape index (κ3) is 5.46. The molecule has 2 N–H and O–H groups in total. The number of amides is 1. The van der Waals surface area contributed by atoms with E-state index in [-0.39, 0.29) is 17.9 Å². The molecule has 2 aromatic rings. The van der Waals surface area contributed by atoms with E-state index in [0.29, 0.717) is 12.8 Å². The first-order chi connectivity index (χ1) is 11.4. The van der Waals surface area contributed by atoms with Crippen molar-refractivity contribution >= 4 is 5.91 Å². The van der Waals surface area contributed by atoms with E-state index in [4.69, 9.17) is 0 Å². The van der Waals surface area contributed by atoms with Crippen LogP contribution in [0.15, 0.2) is 48.8 Å². The van der Waals surface area contributed by atoms with Crippen LogP contribution in [-0.4, -0.2) is 22.5 Å². The predicted molar refractivity (Wildman–Crippen MR) is 95.7 cm³/mol. The molecule has 128 valence electrons. The minimum Gasteiger partial charge on any atom is -0.387 e. The van der Waals surface area contributed by atoms with Crippen LogP contribution in [-0.2, 0) is 16.6 Å². The zero-order valence-electron chi connectivity index (χ0n) is 14.6. The van der Waals surface area contributed by atoms with Crippen molar-refractivity contribution in [2.75, 3.05) is 6.54 Å². The largest absolute Gasteiger partial charge is 0.387 e. The number of nitrogens with one attached hydrogen (secondary N) is 1. The van der Waals surface area contributed by atoms with Crippen molar-refractivity contribution in [1.29, 1.82) is 0 Å². The van der Waals surface area contributed by atoms with Crippen LogP contribution in [0.3, 0.4) is 0 Å². The average Bonchev–Trinajstić information content (AvgIpc) is 2.58. The Balaban J connectivity index is 1.80. The Morgan fingerprint density at radius 1 is 1.21 bits per heavy atom. The Bertz CT molecular complexity index is 646. The molecule has 0 aliphatic heterocycles. The van der Waals surface area contributed by atoms with Gasteiger partial charge in [-0.3, -0.25) is 9.78 Å². The van der Waals surface area contributed by atoms with E-state index < -0.39 is 6.10 Å². The van der Waals surface area contributed by atoms with Gasteiger partial charge in [-0.25, -0.2) is 0 Å². The minimum absolute atomic E-state index is 0.0655. The van der Waals surface area contributed by atoms with Gasteiger partial charge in [-0.1, -0.05) is 51.1 Å². The molecule has 0 fully saturated rings. The molecule has 1 amide bonds. The van der Waals surface area contributed by atoms with Crippen molar-refractivity contribution in [2.24, 2.45) is 0 Å². The molecule has 0 saturated carbocycles. The lowest BCUT2D eigenvalue weighted by atomic mass is 9.86. The molecular weight excluding hydrogens is 300 g/mol. The van der Waals surface area contributed by atoms with Gasteiger partial charge in [0.25, 0.3) is 0 Å². The van der Waals surface area contributed by atoms with Gasteiger partial charge in [0, 0.05) is 25.4 Å². The molecule has 0 saturated heterocycles. The maximum atomic E-state index is 11.9. The SMILES string of the molecule is CC(C)(C)c1ccc([C@H](O)CNC(=O)CCc2cccnc2)cc1. The van der Waals surface area contributed by atoms with Gasteiger partial charge in [0.2, 0.25) is 5.91 Å². The highest BCUT2D eigenvalue weighted by Gasteiger charge is 2.15. The molecule has 1 aromatic heterocycles. The van der Waals surface area contributed by atoms with Crippen molar-refractivity contribution in [3.8, 4) is 0 Å². The van der Waals surface area contributed by atoms with Crippen molar-refractivity contribution in [3.63, 3.8) is 0 Å². The maximum Gasteiger partial charge on any atom is 0.220 e. The molecule has 0 spiro atoms. The number of carbonyl (C=O) groups is 1. The van der Waals surface area contributed by atoms with Crippen LogP contribution in [0.1, 0.15) is 50.0 Å². The first kappa shape index (κ1) is 18.1. The maximum absolute atomic E-state index is 11.9. The number of aliphatic hydroxyl groups is 1. The number of aryl methyl sites for hydroxylation is 1. The normalized spacial score (nSPS) is 12.7. The van der Waals surface area contributed by atoms with E-state index in [1.165, 1.54) is 5.56 Å². The van der Waals surface area contributed by atoms with Crippen molar-refractivity contribution in [1.82, 2.24) is 10.3 Å². The number of rotatable bonds is 6. The summed E-state index contributed by atoms with van der Waals surface area (Å²) >= 11 is 0. The Hall–Kier alpha value is -2.20. The van der Waals surface area contributed by atoms with E-state index in [0.717, 1.165) is 11.1 Å². The lowest BCUT2D eigenvalue weighted by molar-refractivity contribution is -0.121. The topological polar surface area (TPSA) is 62.2 Å². The highest BCUT2D eigenvalue weighted by Crippen LogP contribution is 2.23. The molecule has 0 radical (unpaired) electrons. The summed E-state index contributed by atoms with van der Waals surface area (Å²) in [4.78, 5) is 15.9. The molecular formula is C20H26N2O2. The Morgan fingerprint density at radius 3 is 2.50 bits per heavy atom. The number of aromatic nitrogens is 1. The van der Waals surface area contributed by atoms with Gasteiger partial charge in [0.05, 0.1) is 6.10 Å². The molecule has 0 unspecified atom stereocenters. The quantitative estimate of drug-likeness (QED) is 0.857. The second kappa shape index (κ2) is 8.06. The highest BCUT2D eigenvalue weighted by molar-refractivity contribution is 5.76. The van der Waals surface area contributed by atoms with Gasteiger partial charge < -0.3 is 10.4 Å². The fraction of sp³-hybridized carbons (Fsp3) is 0.400. The van der Waals surface area contributed by atoms with Gasteiger partial charge >= 0.3 is 0 Å². The fourth-order valence-electron chi connectivity index (χ4n) is 2.43. The molecule has 4 heteroatoms. The number of carbonyl (C=O) groups excluding carboxylic acids is 1. The molecule has 1 heterocycles. The summed E-state index contributed by atoms with van der Waals surface area (Å²) in [6.07, 6.45) is 3.82. The number of aliphatic hydroxyl groups excluding tert-OH is 1. The Kier molecular flexibility index (Phi) is 6.10. The molecule has 2 rings (SSSR count). The number of hydrogen-bond acceptors (Lipinski definition) is 3. The van der Waals surface area contributed by atoms with Crippen molar-refractivity contribution in [2.45, 2.75) is 45.1 Å². The van der Waals surface area contributed by atoms with Gasteiger partial charge in [-0.05, 0) is 34.6 Å².